The van der Waals surface area contributed by atoms with Gasteiger partial charge in [0.05, 0.1) is 18.0 Å². The second-order valence-electron chi connectivity index (χ2n) is 5.32. The second kappa shape index (κ2) is 5.23. The quantitative estimate of drug-likeness (QED) is 0.847. The molecule has 2 fully saturated rings. The number of amides is 1. The van der Waals surface area contributed by atoms with Gasteiger partial charge in [0.25, 0.3) is 5.91 Å². The van der Waals surface area contributed by atoms with Gasteiger partial charge in [0.2, 0.25) is 0 Å². The van der Waals surface area contributed by atoms with Crippen LogP contribution in [0.15, 0.2) is 17.5 Å². The highest BCUT2D eigenvalue weighted by atomic mass is 32.1. The van der Waals surface area contributed by atoms with Gasteiger partial charge in [-0.15, -0.1) is 11.3 Å². The minimum atomic E-state index is -0.0918. The molecule has 0 radical (unpaired) electrons. The van der Waals surface area contributed by atoms with E-state index in [2.05, 4.69) is 0 Å². The average Bonchev–Trinajstić information content (AvgIpc) is 3.02. The molecule has 2 aliphatic rings. The van der Waals surface area contributed by atoms with Crippen molar-refractivity contribution in [3.8, 4) is 0 Å². The maximum absolute atomic E-state index is 12.2. The number of nitrogens with zero attached hydrogens (tertiary/aromatic N) is 1. The molecule has 0 saturated carbocycles. The van der Waals surface area contributed by atoms with Crippen LogP contribution in [-0.4, -0.2) is 49.8 Å². The van der Waals surface area contributed by atoms with E-state index in [4.69, 9.17) is 9.47 Å². The summed E-state index contributed by atoms with van der Waals surface area (Å²) in [6.45, 7) is 3.06. The molecule has 19 heavy (non-hydrogen) atoms. The van der Waals surface area contributed by atoms with Gasteiger partial charge in [-0.25, -0.2) is 0 Å². The average molecular weight is 281 g/mol. The highest BCUT2D eigenvalue weighted by molar-refractivity contribution is 7.12. The van der Waals surface area contributed by atoms with E-state index in [0.29, 0.717) is 5.92 Å². The van der Waals surface area contributed by atoms with Crippen molar-refractivity contribution in [2.75, 3.05) is 33.4 Å². The van der Waals surface area contributed by atoms with Crippen molar-refractivity contribution in [3.63, 3.8) is 0 Å². The standard InChI is InChI=1S/C14H19NO3S/c1-17-6-4-11-5-7-18-14(11)9-15(10-14)13(16)12-3-2-8-19-12/h2-3,8,11H,4-7,9-10H2,1H3/t11-/m0/s1. The van der Waals surface area contributed by atoms with E-state index < -0.39 is 0 Å². The summed E-state index contributed by atoms with van der Waals surface area (Å²) in [5.74, 6) is 0.668. The summed E-state index contributed by atoms with van der Waals surface area (Å²) in [4.78, 5) is 14.9. The number of hydrogen-bond acceptors (Lipinski definition) is 4. The van der Waals surface area contributed by atoms with Crippen LogP contribution in [0.1, 0.15) is 22.5 Å². The molecule has 3 heterocycles. The number of carbonyl (C=O) groups excluding carboxylic acids is 1. The summed E-state index contributed by atoms with van der Waals surface area (Å²) in [6, 6.07) is 3.80. The first kappa shape index (κ1) is 13.1. The zero-order valence-electron chi connectivity index (χ0n) is 11.1. The topological polar surface area (TPSA) is 38.8 Å². The SMILES string of the molecule is COCC[C@H]1CCOC12CN(C(=O)c1cccs1)C2. The minimum absolute atomic E-state index is 0.0918. The molecule has 2 saturated heterocycles. The van der Waals surface area contributed by atoms with Crippen molar-refractivity contribution in [2.24, 2.45) is 5.92 Å². The van der Waals surface area contributed by atoms with E-state index in [1.807, 2.05) is 22.4 Å². The van der Waals surface area contributed by atoms with Crippen molar-refractivity contribution >= 4 is 17.2 Å². The fourth-order valence-corrected chi connectivity index (χ4v) is 3.79. The molecule has 1 aromatic rings. The third kappa shape index (κ3) is 2.30. The molecular formula is C14H19NO3S. The number of rotatable bonds is 4. The predicted molar refractivity (Wildman–Crippen MR) is 73.5 cm³/mol. The fraction of sp³-hybridized carbons (Fsp3) is 0.643. The highest BCUT2D eigenvalue weighted by Crippen LogP contribution is 2.42. The Kier molecular flexibility index (Phi) is 3.60. The summed E-state index contributed by atoms with van der Waals surface area (Å²) >= 11 is 1.50. The molecule has 1 spiro atoms. The Balaban J connectivity index is 1.60. The molecule has 5 heteroatoms. The number of methoxy groups -OCH3 is 1. The number of thiophene rings is 1. The number of likely N-dealkylation sites (tertiary alicyclic amines) is 1. The predicted octanol–water partition coefficient (Wildman–Crippen LogP) is 2.02. The lowest BCUT2D eigenvalue weighted by Crippen LogP contribution is -2.66. The second-order valence-corrected chi connectivity index (χ2v) is 6.27. The summed E-state index contributed by atoms with van der Waals surface area (Å²) < 4.78 is 11.1. The third-order valence-corrected chi connectivity index (χ3v) is 5.06. The van der Waals surface area contributed by atoms with Crippen LogP contribution < -0.4 is 0 Å². The van der Waals surface area contributed by atoms with Gasteiger partial charge in [-0.1, -0.05) is 6.07 Å². The van der Waals surface area contributed by atoms with Crippen molar-refractivity contribution < 1.29 is 14.3 Å². The van der Waals surface area contributed by atoms with Gasteiger partial charge in [0, 0.05) is 20.3 Å². The third-order valence-electron chi connectivity index (χ3n) is 4.21. The van der Waals surface area contributed by atoms with E-state index >= 15 is 0 Å². The van der Waals surface area contributed by atoms with Crippen LogP contribution in [-0.2, 0) is 9.47 Å². The Morgan fingerprint density at radius 3 is 3.16 bits per heavy atom. The molecule has 104 valence electrons. The van der Waals surface area contributed by atoms with Crippen LogP contribution >= 0.6 is 11.3 Å². The largest absolute Gasteiger partial charge is 0.385 e. The van der Waals surface area contributed by atoms with E-state index in [-0.39, 0.29) is 11.5 Å². The zero-order chi connectivity index (χ0) is 13.3. The fourth-order valence-electron chi connectivity index (χ4n) is 3.10. The molecule has 1 atom stereocenters. The summed E-state index contributed by atoms with van der Waals surface area (Å²) in [6.07, 6.45) is 2.11. The van der Waals surface area contributed by atoms with Crippen LogP contribution in [0, 0.1) is 5.92 Å². The van der Waals surface area contributed by atoms with E-state index in [1.54, 1.807) is 7.11 Å². The van der Waals surface area contributed by atoms with Crippen molar-refractivity contribution in [1.82, 2.24) is 4.90 Å². The first-order chi connectivity index (χ1) is 9.25. The van der Waals surface area contributed by atoms with Crippen LogP contribution in [0.5, 0.6) is 0 Å². The Morgan fingerprint density at radius 2 is 2.47 bits per heavy atom. The van der Waals surface area contributed by atoms with Gasteiger partial charge >= 0.3 is 0 Å². The smallest absolute Gasteiger partial charge is 0.264 e. The van der Waals surface area contributed by atoms with Crippen molar-refractivity contribution in [3.05, 3.63) is 22.4 Å². The molecule has 4 nitrogen and oxygen atoms in total. The molecular weight excluding hydrogens is 262 g/mol. The highest BCUT2D eigenvalue weighted by Gasteiger charge is 2.54. The number of hydrogen-bond donors (Lipinski definition) is 0. The van der Waals surface area contributed by atoms with Gasteiger partial charge in [-0.05, 0) is 30.2 Å². The van der Waals surface area contributed by atoms with Crippen molar-refractivity contribution in [1.29, 1.82) is 0 Å². The van der Waals surface area contributed by atoms with Gasteiger partial charge in [-0.2, -0.15) is 0 Å². The van der Waals surface area contributed by atoms with Crippen LogP contribution in [0.3, 0.4) is 0 Å². The molecule has 0 bridgehead atoms. The Labute approximate surface area is 117 Å². The molecule has 0 aromatic carbocycles. The molecule has 0 aliphatic carbocycles. The Bertz CT molecular complexity index is 440. The monoisotopic (exact) mass is 281 g/mol. The van der Waals surface area contributed by atoms with Crippen molar-refractivity contribution in [2.45, 2.75) is 18.4 Å². The van der Waals surface area contributed by atoms with Gasteiger partial charge in [-0.3, -0.25) is 4.79 Å². The Hall–Kier alpha value is -0.910. The normalized spacial score (nSPS) is 24.7. The maximum atomic E-state index is 12.2. The van der Waals surface area contributed by atoms with E-state index in [9.17, 15) is 4.79 Å². The van der Waals surface area contributed by atoms with Crippen LogP contribution in [0.25, 0.3) is 0 Å². The number of ether oxygens (including phenoxy) is 2. The lowest BCUT2D eigenvalue weighted by molar-refractivity contribution is -0.119. The van der Waals surface area contributed by atoms with Gasteiger partial charge in [0.1, 0.15) is 5.60 Å². The minimum Gasteiger partial charge on any atom is -0.385 e. The Morgan fingerprint density at radius 1 is 1.63 bits per heavy atom. The van der Waals surface area contributed by atoms with E-state index in [1.165, 1.54) is 11.3 Å². The molecule has 1 amide bonds. The molecule has 3 rings (SSSR count). The first-order valence-corrected chi connectivity index (χ1v) is 7.59. The lowest BCUT2D eigenvalue weighted by atomic mass is 9.79. The summed E-state index contributed by atoms with van der Waals surface area (Å²) in [5, 5.41) is 1.94. The van der Waals surface area contributed by atoms with Gasteiger partial charge in [0.15, 0.2) is 0 Å². The van der Waals surface area contributed by atoms with Crippen LogP contribution in [0.4, 0.5) is 0 Å². The van der Waals surface area contributed by atoms with E-state index in [0.717, 1.165) is 44.0 Å². The maximum Gasteiger partial charge on any atom is 0.264 e. The molecule has 0 N–H and O–H groups in total. The summed E-state index contributed by atoms with van der Waals surface area (Å²) in [7, 11) is 1.73. The molecule has 0 unspecified atom stereocenters. The first-order valence-electron chi connectivity index (χ1n) is 6.71. The molecule has 1 aromatic heterocycles. The number of carbonyl (C=O) groups is 1. The molecule has 2 aliphatic heterocycles. The van der Waals surface area contributed by atoms with Gasteiger partial charge < -0.3 is 14.4 Å². The van der Waals surface area contributed by atoms with Crippen LogP contribution in [0.2, 0.25) is 0 Å². The zero-order valence-corrected chi connectivity index (χ0v) is 11.9. The summed E-state index contributed by atoms with van der Waals surface area (Å²) in [5.41, 5.74) is -0.0918. The lowest BCUT2D eigenvalue weighted by Gasteiger charge is -2.50.